The summed E-state index contributed by atoms with van der Waals surface area (Å²) in [5, 5.41) is 3.21. The molecule has 2 heterocycles. The van der Waals surface area contributed by atoms with Crippen LogP contribution in [0.25, 0.3) is 0 Å². The van der Waals surface area contributed by atoms with Gasteiger partial charge in [0.2, 0.25) is 5.91 Å². The lowest BCUT2D eigenvalue weighted by Crippen LogP contribution is -2.40. The first-order valence-electron chi connectivity index (χ1n) is 7.21. The molecule has 3 rings (SSSR count). The van der Waals surface area contributed by atoms with Crippen LogP contribution >= 0.6 is 11.6 Å². The number of carbonyl (C=O) groups is 1. The van der Waals surface area contributed by atoms with Crippen molar-refractivity contribution < 1.29 is 13.9 Å². The highest BCUT2D eigenvalue weighted by Gasteiger charge is 2.29. The lowest BCUT2D eigenvalue weighted by atomic mass is 10.1. The smallest absolute Gasteiger partial charge is 0.225 e. The third kappa shape index (κ3) is 3.30. The first-order chi connectivity index (χ1) is 10.1. The molecule has 2 fully saturated rings. The van der Waals surface area contributed by atoms with E-state index in [2.05, 4.69) is 10.2 Å². The number of anilines is 1. The molecule has 2 unspecified atom stereocenters. The SMILES string of the molecule is O=C(NC1CCN(c2ccc(F)c(Cl)c2)C1)C1CCOC1. The topological polar surface area (TPSA) is 41.6 Å². The zero-order chi connectivity index (χ0) is 14.8. The molecule has 0 aromatic heterocycles. The number of hydrogen-bond donors (Lipinski definition) is 1. The van der Waals surface area contributed by atoms with Gasteiger partial charge < -0.3 is 15.0 Å². The minimum Gasteiger partial charge on any atom is -0.381 e. The minimum absolute atomic E-state index is 0.0145. The molecular weight excluding hydrogens is 295 g/mol. The summed E-state index contributed by atoms with van der Waals surface area (Å²) >= 11 is 5.81. The molecule has 0 radical (unpaired) electrons. The van der Waals surface area contributed by atoms with Crippen LogP contribution in [0.2, 0.25) is 5.02 Å². The largest absolute Gasteiger partial charge is 0.381 e. The highest BCUT2D eigenvalue weighted by Crippen LogP contribution is 2.26. The van der Waals surface area contributed by atoms with E-state index in [-0.39, 0.29) is 22.9 Å². The fourth-order valence-corrected chi connectivity index (χ4v) is 3.03. The van der Waals surface area contributed by atoms with Gasteiger partial charge in [0.15, 0.2) is 0 Å². The molecule has 2 atom stereocenters. The second kappa shape index (κ2) is 6.20. The summed E-state index contributed by atoms with van der Waals surface area (Å²) < 4.78 is 18.4. The van der Waals surface area contributed by atoms with Crippen LogP contribution in [0.4, 0.5) is 10.1 Å². The molecule has 1 amide bonds. The summed E-state index contributed by atoms with van der Waals surface area (Å²) in [5.41, 5.74) is 0.891. The standard InChI is InChI=1S/C15H18ClFN2O2/c16-13-7-12(1-2-14(13)17)19-5-3-11(8-19)18-15(20)10-4-6-21-9-10/h1-2,7,10-11H,3-6,8-9H2,(H,18,20). The molecule has 0 saturated carbocycles. The molecule has 21 heavy (non-hydrogen) atoms. The quantitative estimate of drug-likeness (QED) is 0.930. The second-order valence-corrected chi connectivity index (χ2v) is 6.01. The van der Waals surface area contributed by atoms with E-state index >= 15 is 0 Å². The van der Waals surface area contributed by atoms with Crippen molar-refractivity contribution in [3.63, 3.8) is 0 Å². The summed E-state index contributed by atoms with van der Waals surface area (Å²) in [6, 6.07) is 4.85. The third-order valence-corrected chi connectivity index (χ3v) is 4.39. The molecule has 1 aromatic carbocycles. The van der Waals surface area contributed by atoms with E-state index in [4.69, 9.17) is 16.3 Å². The number of nitrogens with one attached hydrogen (secondary N) is 1. The minimum atomic E-state index is -0.411. The number of halogens is 2. The first kappa shape index (κ1) is 14.6. The van der Waals surface area contributed by atoms with Crippen molar-refractivity contribution in [1.82, 2.24) is 5.32 Å². The van der Waals surface area contributed by atoms with Crippen molar-refractivity contribution in [3.8, 4) is 0 Å². The molecule has 0 aliphatic carbocycles. The van der Waals surface area contributed by atoms with E-state index < -0.39 is 5.82 Å². The Labute approximate surface area is 128 Å². The van der Waals surface area contributed by atoms with Crippen LogP contribution in [0.3, 0.4) is 0 Å². The Balaban J connectivity index is 1.57. The lowest BCUT2D eigenvalue weighted by molar-refractivity contribution is -0.125. The number of amides is 1. The molecule has 6 heteroatoms. The molecule has 1 aromatic rings. The van der Waals surface area contributed by atoms with E-state index in [1.165, 1.54) is 6.07 Å². The maximum absolute atomic E-state index is 13.2. The zero-order valence-corrected chi connectivity index (χ0v) is 12.4. The van der Waals surface area contributed by atoms with E-state index in [1.807, 2.05) is 0 Å². The Kier molecular flexibility index (Phi) is 4.31. The molecule has 1 N–H and O–H groups in total. The van der Waals surface area contributed by atoms with Gasteiger partial charge in [-0.05, 0) is 31.0 Å². The lowest BCUT2D eigenvalue weighted by Gasteiger charge is -2.20. The number of carbonyl (C=O) groups excluding carboxylic acids is 1. The summed E-state index contributed by atoms with van der Waals surface area (Å²) in [7, 11) is 0. The summed E-state index contributed by atoms with van der Waals surface area (Å²) in [4.78, 5) is 14.2. The van der Waals surface area contributed by atoms with Crippen LogP contribution in [0.5, 0.6) is 0 Å². The molecule has 2 aliphatic rings. The molecule has 0 spiro atoms. The van der Waals surface area contributed by atoms with E-state index in [9.17, 15) is 9.18 Å². The Morgan fingerprint density at radius 2 is 2.29 bits per heavy atom. The maximum Gasteiger partial charge on any atom is 0.225 e. The van der Waals surface area contributed by atoms with Gasteiger partial charge in [0, 0.05) is 31.4 Å². The normalized spacial score (nSPS) is 25.3. The maximum atomic E-state index is 13.2. The van der Waals surface area contributed by atoms with Gasteiger partial charge in [-0.1, -0.05) is 11.6 Å². The Hall–Kier alpha value is -1.33. The predicted octanol–water partition coefficient (Wildman–Crippen LogP) is 2.21. The number of benzene rings is 1. The zero-order valence-electron chi connectivity index (χ0n) is 11.6. The fourth-order valence-electron chi connectivity index (χ4n) is 2.85. The summed E-state index contributed by atoms with van der Waals surface area (Å²) in [6.45, 7) is 2.74. The average molecular weight is 313 g/mol. The number of ether oxygens (including phenoxy) is 1. The highest BCUT2D eigenvalue weighted by molar-refractivity contribution is 6.31. The Morgan fingerprint density at radius 3 is 3.00 bits per heavy atom. The van der Waals surface area contributed by atoms with Crippen LogP contribution in [-0.4, -0.2) is 38.3 Å². The van der Waals surface area contributed by atoms with Crippen LogP contribution in [-0.2, 0) is 9.53 Å². The van der Waals surface area contributed by atoms with Crippen molar-refractivity contribution in [3.05, 3.63) is 29.0 Å². The van der Waals surface area contributed by atoms with Gasteiger partial charge in [-0.25, -0.2) is 4.39 Å². The van der Waals surface area contributed by atoms with Crippen LogP contribution in [0.1, 0.15) is 12.8 Å². The van der Waals surface area contributed by atoms with E-state index in [0.717, 1.165) is 31.6 Å². The Morgan fingerprint density at radius 1 is 1.43 bits per heavy atom. The first-order valence-corrected chi connectivity index (χ1v) is 7.59. The number of rotatable bonds is 3. The van der Waals surface area contributed by atoms with Crippen molar-refractivity contribution in [2.75, 3.05) is 31.2 Å². The Bertz CT molecular complexity index is 534. The molecular formula is C15H18ClFN2O2. The summed E-state index contributed by atoms with van der Waals surface area (Å²) in [6.07, 6.45) is 1.68. The van der Waals surface area contributed by atoms with Crippen molar-refractivity contribution >= 4 is 23.2 Å². The average Bonchev–Trinajstić information content (AvgIpc) is 3.12. The van der Waals surface area contributed by atoms with Gasteiger partial charge in [-0.15, -0.1) is 0 Å². The molecule has 2 aliphatic heterocycles. The second-order valence-electron chi connectivity index (χ2n) is 5.60. The monoisotopic (exact) mass is 312 g/mol. The highest BCUT2D eigenvalue weighted by atomic mass is 35.5. The van der Waals surface area contributed by atoms with Gasteiger partial charge >= 0.3 is 0 Å². The van der Waals surface area contributed by atoms with Crippen molar-refractivity contribution in [1.29, 1.82) is 0 Å². The van der Waals surface area contributed by atoms with Crippen LogP contribution < -0.4 is 10.2 Å². The van der Waals surface area contributed by atoms with Gasteiger partial charge in [0.25, 0.3) is 0 Å². The van der Waals surface area contributed by atoms with Gasteiger partial charge in [0.1, 0.15) is 5.82 Å². The molecule has 2 saturated heterocycles. The fraction of sp³-hybridized carbons (Fsp3) is 0.533. The van der Waals surface area contributed by atoms with E-state index in [0.29, 0.717) is 13.2 Å². The van der Waals surface area contributed by atoms with E-state index in [1.54, 1.807) is 12.1 Å². The van der Waals surface area contributed by atoms with Gasteiger partial charge in [-0.2, -0.15) is 0 Å². The molecule has 114 valence electrons. The predicted molar refractivity (Wildman–Crippen MR) is 79.1 cm³/mol. The van der Waals surface area contributed by atoms with Crippen molar-refractivity contribution in [2.24, 2.45) is 5.92 Å². The molecule has 4 nitrogen and oxygen atoms in total. The summed E-state index contributed by atoms with van der Waals surface area (Å²) in [5.74, 6) is -0.346. The third-order valence-electron chi connectivity index (χ3n) is 4.10. The van der Waals surface area contributed by atoms with Crippen molar-refractivity contribution in [2.45, 2.75) is 18.9 Å². The van der Waals surface area contributed by atoms with Gasteiger partial charge in [-0.3, -0.25) is 4.79 Å². The number of hydrogen-bond acceptors (Lipinski definition) is 3. The van der Waals surface area contributed by atoms with Crippen LogP contribution in [0, 0.1) is 11.7 Å². The van der Waals surface area contributed by atoms with Crippen LogP contribution in [0.15, 0.2) is 18.2 Å². The van der Waals surface area contributed by atoms with Gasteiger partial charge in [0.05, 0.1) is 17.5 Å². The number of nitrogens with zero attached hydrogens (tertiary/aromatic N) is 1. The molecule has 0 bridgehead atoms.